The molecular formula is C18H20F2N2O2. The Morgan fingerprint density at radius 2 is 1.75 bits per heavy atom. The van der Waals surface area contributed by atoms with Crippen LogP contribution in [0.3, 0.4) is 0 Å². The zero-order valence-corrected chi connectivity index (χ0v) is 13.6. The van der Waals surface area contributed by atoms with E-state index in [9.17, 15) is 13.6 Å². The number of hydrogen-bond donors (Lipinski definition) is 1. The van der Waals surface area contributed by atoms with Gasteiger partial charge in [0.2, 0.25) is 5.91 Å². The van der Waals surface area contributed by atoms with Gasteiger partial charge in [0.15, 0.2) is 0 Å². The third kappa shape index (κ3) is 5.96. The molecular weight excluding hydrogens is 314 g/mol. The number of aryl methyl sites for hydroxylation is 1. The van der Waals surface area contributed by atoms with E-state index in [-0.39, 0.29) is 18.2 Å². The van der Waals surface area contributed by atoms with Gasteiger partial charge in [-0.3, -0.25) is 9.69 Å². The number of benzene rings is 2. The zero-order valence-electron chi connectivity index (χ0n) is 13.6. The number of nitrogens with one attached hydrogen (secondary N) is 1. The summed E-state index contributed by atoms with van der Waals surface area (Å²) >= 11 is 0. The first-order chi connectivity index (χ1) is 11.4. The summed E-state index contributed by atoms with van der Waals surface area (Å²) in [4.78, 5) is 13.9. The van der Waals surface area contributed by atoms with Crippen molar-refractivity contribution >= 4 is 11.6 Å². The molecule has 0 saturated heterocycles. The Hall–Kier alpha value is -2.47. The summed E-state index contributed by atoms with van der Waals surface area (Å²) in [6.07, 6.45) is 0. The van der Waals surface area contributed by atoms with Crippen molar-refractivity contribution in [3.8, 4) is 5.75 Å². The van der Waals surface area contributed by atoms with E-state index < -0.39 is 6.61 Å². The summed E-state index contributed by atoms with van der Waals surface area (Å²) in [6, 6.07) is 14.0. The van der Waals surface area contributed by atoms with Crippen LogP contribution >= 0.6 is 0 Å². The SMILES string of the molecule is Cc1ccc(NC(=O)CN(C)Cc2ccc(OC(F)F)cc2)cc1. The summed E-state index contributed by atoms with van der Waals surface area (Å²) in [6.45, 7) is -0.0971. The monoisotopic (exact) mass is 334 g/mol. The summed E-state index contributed by atoms with van der Waals surface area (Å²) in [5, 5.41) is 2.83. The lowest BCUT2D eigenvalue weighted by atomic mass is 10.2. The van der Waals surface area contributed by atoms with Crippen LogP contribution in [0.2, 0.25) is 0 Å². The van der Waals surface area contributed by atoms with E-state index in [1.165, 1.54) is 12.1 Å². The molecule has 1 N–H and O–H groups in total. The Kier molecular flexibility index (Phi) is 6.26. The Morgan fingerprint density at radius 1 is 1.12 bits per heavy atom. The van der Waals surface area contributed by atoms with Crippen molar-refractivity contribution < 1.29 is 18.3 Å². The highest BCUT2D eigenvalue weighted by Gasteiger charge is 2.09. The van der Waals surface area contributed by atoms with Crippen LogP contribution < -0.4 is 10.1 Å². The van der Waals surface area contributed by atoms with Gasteiger partial charge in [0.25, 0.3) is 0 Å². The minimum Gasteiger partial charge on any atom is -0.435 e. The van der Waals surface area contributed by atoms with Gasteiger partial charge in [0, 0.05) is 12.2 Å². The van der Waals surface area contributed by atoms with Crippen LogP contribution in [0.25, 0.3) is 0 Å². The second-order valence-electron chi connectivity index (χ2n) is 5.61. The molecule has 2 aromatic carbocycles. The number of rotatable bonds is 7. The lowest BCUT2D eigenvalue weighted by Gasteiger charge is -2.16. The fraction of sp³-hybridized carbons (Fsp3) is 0.278. The largest absolute Gasteiger partial charge is 0.435 e. The zero-order chi connectivity index (χ0) is 17.5. The summed E-state index contributed by atoms with van der Waals surface area (Å²) < 4.78 is 28.5. The molecule has 0 heterocycles. The standard InChI is InChI=1S/C18H20F2N2O2/c1-13-3-7-15(8-4-13)21-17(23)12-22(2)11-14-5-9-16(10-6-14)24-18(19)20/h3-10,18H,11-12H2,1-2H3,(H,21,23). The van der Waals surface area contributed by atoms with Gasteiger partial charge in [-0.05, 0) is 43.8 Å². The number of nitrogens with zero attached hydrogens (tertiary/aromatic N) is 1. The maximum absolute atomic E-state index is 12.1. The van der Waals surface area contributed by atoms with Crippen molar-refractivity contribution in [3.05, 3.63) is 59.7 Å². The van der Waals surface area contributed by atoms with Gasteiger partial charge in [-0.1, -0.05) is 29.8 Å². The first-order valence-corrected chi connectivity index (χ1v) is 7.51. The summed E-state index contributed by atoms with van der Waals surface area (Å²) in [7, 11) is 1.82. The molecule has 0 fully saturated rings. The van der Waals surface area contributed by atoms with Crippen LogP contribution in [0.15, 0.2) is 48.5 Å². The van der Waals surface area contributed by atoms with E-state index in [1.54, 1.807) is 12.1 Å². The minimum absolute atomic E-state index is 0.112. The van der Waals surface area contributed by atoms with Crippen molar-refractivity contribution in [1.82, 2.24) is 4.90 Å². The molecule has 2 rings (SSSR count). The maximum atomic E-state index is 12.1. The van der Waals surface area contributed by atoms with E-state index in [0.717, 1.165) is 16.8 Å². The number of halogens is 2. The molecule has 0 aliphatic heterocycles. The van der Waals surface area contributed by atoms with Crippen LogP contribution in [0.5, 0.6) is 5.75 Å². The molecule has 6 heteroatoms. The number of ether oxygens (including phenoxy) is 1. The number of likely N-dealkylation sites (N-methyl/N-ethyl adjacent to an activating group) is 1. The van der Waals surface area contributed by atoms with Crippen molar-refractivity contribution in [2.24, 2.45) is 0 Å². The molecule has 0 aliphatic carbocycles. The number of carbonyl (C=O) groups excluding carboxylic acids is 1. The summed E-state index contributed by atoms with van der Waals surface area (Å²) in [5.41, 5.74) is 2.79. The molecule has 24 heavy (non-hydrogen) atoms. The second kappa shape index (κ2) is 8.40. The highest BCUT2D eigenvalue weighted by atomic mass is 19.3. The third-order valence-corrected chi connectivity index (χ3v) is 3.35. The molecule has 128 valence electrons. The smallest absolute Gasteiger partial charge is 0.387 e. The first kappa shape index (κ1) is 17.9. The van der Waals surface area contributed by atoms with Gasteiger partial charge in [-0.15, -0.1) is 0 Å². The van der Waals surface area contributed by atoms with Gasteiger partial charge < -0.3 is 10.1 Å². The molecule has 0 saturated carbocycles. The predicted molar refractivity (Wildman–Crippen MR) is 89.2 cm³/mol. The number of amides is 1. The molecule has 0 aliphatic rings. The molecule has 0 spiro atoms. The van der Waals surface area contributed by atoms with Crippen molar-refractivity contribution in [2.45, 2.75) is 20.1 Å². The fourth-order valence-electron chi connectivity index (χ4n) is 2.23. The molecule has 1 amide bonds. The maximum Gasteiger partial charge on any atom is 0.387 e. The van der Waals surface area contributed by atoms with Gasteiger partial charge in [0.1, 0.15) is 5.75 Å². The average Bonchev–Trinajstić information content (AvgIpc) is 2.51. The topological polar surface area (TPSA) is 41.6 Å². The van der Waals surface area contributed by atoms with Gasteiger partial charge in [-0.25, -0.2) is 0 Å². The van der Waals surface area contributed by atoms with Gasteiger partial charge in [-0.2, -0.15) is 8.78 Å². The third-order valence-electron chi connectivity index (χ3n) is 3.35. The van der Waals surface area contributed by atoms with Crippen LogP contribution in [0, 0.1) is 6.92 Å². The normalized spacial score (nSPS) is 10.9. The molecule has 0 bridgehead atoms. The molecule has 0 atom stereocenters. The molecule has 0 unspecified atom stereocenters. The van der Waals surface area contributed by atoms with E-state index in [2.05, 4.69) is 10.1 Å². The molecule has 4 nitrogen and oxygen atoms in total. The quantitative estimate of drug-likeness (QED) is 0.840. The van der Waals surface area contributed by atoms with Gasteiger partial charge >= 0.3 is 6.61 Å². The Balaban J connectivity index is 1.82. The molecule has 2 aromatic rings. The Labute approximate surface area is 140 Å². The number of anilines is 1. The average molecular weight is 334 g/mol. The van der Waals surface area contributed by atoms with E-state index in [0.29, 0.717) is 6.54 Å². The highest BCUT2D eigenvalue weighted by Crippen LogP contribution is 2.16. The summed E-state index contributed by atoms with van der Waals surface area (Å²) in [5.74, 6) is 0.00697. The predicted octanol–water partition coefficient (Wildman–Crippen LogP) is 3.67. The first-order valence-electron chi connectivity index (χ1n) is 7.51. The fourth-order valence-corrected chi connectivity index (χ4v) is 2.23. The lowest BCUT2D eigenvalue weighted by Crippen LogP contribution is -2.29. The highest BCUT2D eigenvalue weighted by molar-refractivity contribution is 5.92. The molecule has 0 aromatic heterocycles. The van der Waals surface area contributed by atoms with E-state index >= 15 is 0 Å². The van der Waals surface area contributed by atoms with Crippen LogP contribution in [-0.4, -0.2) is 31.0 Å². The van der Waals surface area contributed by atoms with Crippen LogP contribution in [0.1, 0.15) is 11.1 Å². The minimum atomic E-state index is -2.83. The Morgan fingerprint density at radius 3 is 2.33 bits per heavy atom. The second-order valence-corrected chi connectivity index (χ2v) is 5.61. The van der Waals surface area contributed by atoms with E-state index in [4.69, 9.17) is 0 Å². The van der Waals surface area contributed by atoms with Crippen LogP contribution in [0.4, 0.5) is 14.5 Å². The Bertz CT molecular complexity index is 658. The lowest BCUT2D eigenvalue weighted by molar-refractivity contribution is -0.117. The number of hydrogen-bond acceptors (Lipinski definition) is 3. The van der Waals surface area contributed by atoms with Gasteiger partial charge in [0.05, 0.1) is 6.54 Å². The van der Waals surface area contributed by atoms with Crippen LogP contribution in [-0.2, 0) is 11.3 Å². The molecule has 0 radical (unpaired) electrons. The van der Waals surface area contributed by atoms with E-state index in [1.807, 2.05) is 43.1 Å². The number of alkyl halides is 2. The van der Waals surface area contributed by atoms with Crippen molar-refractivity contribution in [1.29, 1.82) is 0 Å². The number of carbonyl (C=O) groups is 1. The van der Waals surface area contributed by atoms with Crippen molar-refractivity contribution in [3.63, 3.8) is 0 Å². The van der Waals surface area contributed by atoms with Crippen molar-refractivity contribution in [2.75, 3.05) is 18.9 Å².